The molecule has 1 aliphatic heterocycles. The molecule has 0 atom stereocenters. The van der Waals surface area contributed by atoms with E-state index in [9.17, 15) is 9.59 Å². The van der Waals surface area contributed by atoms with Gasteiger partial charge in [0.2, 0.25) is 0 Å². The van der Waals surface area contributed by atoms with Crippen LogP contribution in [0, 0.1) is 0 Å². The second kappa shape index (κ2) is 5.10. The van der Waals surface area contributed by atoms with Crippen LogP contribution in [0.4, 0.5) is 0 Å². The maximum Gasteiger partial charge on any atom is 0.330 e. The summed E-state index contributed by atoms with van der Waals surface area (Å²) in [5.74, 6) is 2.25. The van der Waals surface area contributed by atoms with E-state index in [0.717, 1.165) is 34.9 Å². The highest BCUT2D eigenvalue weighted by Gasteiger charge is 2.13. The van der Waals surface area contributed by atoms with Gasteiger partial charge in [0.1, 0.15) is 0 Å². The molecule has 1 aromatic heterocycles. The predicted molar refractivity (Wildman–Crippen MR) is 69.5 cm³/mol. The summed E-state index contributed by atoms with van der Waals surface area (Å²) in [7, 11) is 3.22. The Morgan fingerprint density at radius 2 is 1.82 bits per heavy atom. The van der Waals surface area contributed by atoms with Crippen LogP contribution in [0.5, 0.6) is 0 Å². The Labute approximate surface area is 104 Å². The zero-order valence-corrected chi connectivity index (χ0v) is 11.0. The molecule has 94 valence electrons. The van der Waals surface area contributed by atoms with E-state index in [2.05, 4.69) is 4.90 Å². The van der Waals surface area contributed by atoms with Crippen LogP contribution < -0.4 is 11.2 Å². The number of rotatable bonds is 2. The van der Waals surface area contributed by atoms with Crippen LogP contribution >= 0.6 is 11.8 Å². The van der Waals surface area contributed by atoms with E-state index >= 15 is 0 Å². The summed E-state index contributed by atoms with van der Waals surface area (Å²) in [4.78, 5) is 25.6. The fourth-order valence-electron chi connectivity index (χ4n) is 1.92. The quantitative estimate of drug-likeness (QED) is 0.723. The topological polar surface area (TPSA) is 47.2 Å². The Morgan fingerprint density at radius 1 is 1.18 bits per heavy atom. The number of hydrogen-bond donors (Lipinski definition) is 0. The third-order valence-corrected chi connectivity index (χ3v) is 4.06. The Bertz CT molecular complexity index is 514. The SMILES string of the molecule is Cn1c(CN2CCSCC2)cc(=O)n(C)c1=O. The smallest absolute Gasteiger partial charge is 0.299 e. The van der Waals surface area contributed by atoms with E-state index in [4.69, 9.17) is 0 Å². The summed E-state index contributed by atoms with van der Waals surface area (Å²) in [6.07, 6.45) is 0. The van der Waals surface area contributed by atoms with Crippen molar-refractivity contribution in [2.45, 2.75) is 6.54 Å². The van der Waals surface area contributed by atoms with Gasteiger partial charge in [-0.3, -0.25) is 18.8 Å². The molecule has 0 amide bonds. The van der Waals surface area contributed by atoms with Gasteiger partial charge in [-0.25, -0.2) is 4.79 Å². The molecule has 0 saturated carbocycles. The van der Waals surface area contributed by atoms with Crippen LogP contribution in [0.3, 0.4) is 0 Å². The number of hydrogen-bond acceptors (Lipinski definition) is 4. The molecule has 5 nitrogen and oxygen atoms in total. The van der Waals surface area contributed by atoms with Crippen molar-refractivity contribution in [3.05, 3.63) is 32.6 Å². The van der Waals surface area contributed by atoms with E-state index in [1.165, 1.54) is 7.05 Å². The van der Waals surface area contributed by atoms with Crippen LogP contribution in [-0.4, -0.2) is 38.6 Å². The Balaban J connectivity index is 2.27. The van der Waals surface area contributed by atoms with Crippen molar-refractivity contribution in [3.8, 4) is 0 Å². The van der Waals surface area contributed by atoms with Crippen molar-refractivity contribution in [1.82, 2.24) is 14.0 Å². The fraction of sp³-hybridized carbons (Fsp3) is 0.636. The molecule has 0 aromatic carbocycles. The summed E-state index contributed by atoms with van der Waals surface area (Å²) in [6.45, 7) is 2.73. The first kappa shape index (κ1) is 12.4. The Kier molecular flexibility index (Phi) is 3.73. The van der Waals surface area contributed by atoms with Gasteiger partial charge in [-0.15, -0.1) is 0 Å². The third kappa shape index (κ3) is 2.63. The van der Waals surface area contributed by atoms with Gasteiger partial charge in [0.25, 0.3) is 5.56 Å². The second-order valence-corrected chi connectivity index (χ2v) is 5.49. The zero-order valence-electron chi connectivity index (χ0n) is 10.2. The molecule has 0 aliphatic carbocycles. The highest BCUT2D eigenvalue weighted by molar-refractivity contribution is 7.99. The molecule has 0 radical (unpaired) electrons. The number of nitrogens with zero attached hydrogens (tertiary/aromatic N) is 3. The van der Waals surface area contributed by atoms with Crippen molar-refractivity contribution >= 4 is 11.8 Å². The lowest BCUT2D eigenvalue weighted by molar-refractivity contribution is 0.285. The molecule has 0 unspecified atom stereocenters. The molecule has 6 heteroatoms. The molecule has 0 bridgehead atoms. The molecule has 2 rings (SSSR count). The van der Waals surface area contributed by atoms with Crippen LogP contribution in [-0.2, 0) is 20.6 Å². The molecule has 1 saturated heterocycles. The fourth-order valence-corrected chi connectivity index (χ4v) is 2.90. The highest BCUT2D eigenvalue weighted by Crippen LogP contribution is 2.11. The Morgan fingerprint density at radius 3 is 2.47 bits per heavy atom. The van der Waals surface area contributed by atoms with E-state index in [1.54, 1.807) is 17.7 Å². The molecule has 2 heterocycles. The minimum Gasteiger partial charge on any atom is -0.299 e. The van der Waals surface area contributed by atoms with E-state index in [-0.39, 0.29) is 11.2 Å². The average molecular weight is 255 g/mol. The van der Waals surface area contributed by atoms with Gasteiger partial charge in [0.05, 0.1) is 0 Å². The molecule has 1 fully saturated rings. The summed E-state index contributed by atoms with van der Waals surface area (Å²) in [5.41, 5.74) is 0.318. The van der Waals surface area contributed by atoms with Crippen LogP contribution in [0.15, 0.2) is 15.7 Å². The van der Waals surface area contributed by atoms with Crippen molar-refractivity contribution in [2.75, 3.05) is 24.6 Å². The first-order chi connectivity index (χ1) is 8.09. The van der Waals surface area contributed by atoms with Crippen LogP contribution in [0.2, 0.25) is 0 Å². The summed E-state index contributed by atoms with van der Waals surface area (Å²) >= 11 is 1.95. The normalized spacial score (nSPS) is 17.3. The first-order valence-corrected chi connectivity index (χ1v) is 6.81. The van der Waals surface area contributed by atoms with Crippen molar-refractivity contribution in [2.24, 2.45) is 14.1 Å². The third-order valence-electron chi connectivity index (χ3n) is 3.11. The van der Waals surface area contributed by atoms with Crippen molar-refractivity contribution < 1.29 is 0 Å². The van der Waals surface area contributed by atoms with E-state index in [0.29, 0.717) is 6.54 Å². The monoisotopic (exact) mass is 255 g/mol. The van der Waals surface area contributed by atoms with Crippen LogP contribution in [0.25, 0.3) is 0 Å². The van der Waals surface area contributed by atoms with Crippen molar-refractivity contribution in [1.29, 1.82) is 0 Å². The zero-order chi connectivity index (χ0) is 12.4. The lowest BCUT2D eigenvalue weighted by Gasteiger charge is -2.26. The Hall–Kier alpha value is -1.01. The summed E-state index contributed by atoms with van der Waals surface area (Å²) in [5, 5.41) is 0. The van der Waals surface area contributed by atoms with Gasteiger partial charge in [0, 0.05) is 57.0 Å². The van der Waals surface area contributed by atoms with Crippen molar-refractivity contribution in [3.63, 3.8) is 0 Å². The number of aromatic nitrogens is 2. The minimum atomic E-state index is -0.251. The molecule has 17 heavy (non-hydrogen) atoms. The lowest BCUT2D eigenvalue weighted by atomic mass is 10.3. The molecular weight excluding hydrogens is 238 g/mol. The van der Waals surface area contributed by atoms with Gasteiger partial charge in [-0.2, -0.15) is 11.8 Å². The average Bonchev–Trinajstić information content (AvgIpc) is 2.35. The summed E-state index contributed by atoms with van der Waals surface area (Å²) in [6, 6.07) is 1.56. The molecule has 0 N–H and O–H groups in total. The van der Waals surface area contributed by atoms with E-state index < -0.39 is 0 Å². The first-order valence-electron chi connectivity index (χ1n) is 5.65. The van der Waals surface area contributed by atoms with Gasteiger partial charge in [0.15, 0.2) is 0 Å². The second-order valence-electron chi connectivity index (χ2n) is 4.26. The molecule has 1 aromatic rings. The van der Waals surface area contributed by atoms with Gasteiger partial charge >= 0.3 is 5.69 Å². The van der Waals surface area contributed by atoms with Gasteiger partial charge in [-0.1, -0.05) is 0 Å². The molecule has 0 spiro atoms. The predicted octanol–water partition coefficient (Wildman–Crippen LogP) is -0.367. The highest BCUT2D eigenvalue weighted by atomic mass is 32.2. The van der Waals surface area contributed by atoms with Crippen LogP contribution in [0.1, 0.15) is 5.69 Å². The molecular formula is C11H17N3O2S. The van der Waals surface area contributed by atoms with Gasteiger partial charge in [-0.05, 0) is 0 Å². The van der Waals surface area contributed by atoms with Gasteiger partial charge < -0.3 is 0 Å². The maximum atomic E-state index is 11.8. The maximum absolute atomic E-state index is 11.8. The summed E-state index contributed by atoms with van der Waals surface area (Å²) < 4.78 is 2.69. The molecule has 1 aliphatic rings. The van der Waals surface area contributed by atoms with E-state index in [1.807, 2.05) is 11.8 Å². The standard InChI is InChI=1S/C11H17N3O2S/c1-12-9(7-10(15)13(2)11(12)16)8-14-3-5-17-6-4-14/h7H,3-6,8H2,1-2H3. The largest absolute Gasteiger partial charge is 0.330 e. The lowest BCUT2D eigenvalue weighted by Crippen LogP contribution is -2.40. The number of thioether (sulfide) groups is 1. The minimum absolute atomic E-state index is 0.227.